The molecular formula is C36H29FN6O3S. The Morgan fingerprint density at radius 3 is 2.47 bits per heavy atom. The van der Waals surface area contributed by atoms with Crippen LogP contribution < -0.4 is 5.32 Å². The molecule has 0 spiro atoms. The highest BCUT2D eigenvalue weighted by molar-refractivity contribution is 7.90. The monoisotopic (exact) mass is 644 g/mol. The summed E-state index contributed by atoms with van der Waals surface area (Å²) in [5.74, 6) is -0.637. The molecule has 234 valence electrons. The van der Waals surface area contributed by atoms with E-state index >= 15 is 0 Å². The maximum atomic E-state index is 14.7. The Hall–Kier alpha value is -5.68. The van der Waals surface area contributed by atoms with Crippen LogP contribution in [0.3, 0.4) is 0 Å². The summed E-state index contributed by atoms with van der Waals surface area (Å²) in [6, 6.07) is 23.9. The molecule has 0 radical (unpaired) electrons. The van der Waals surface area contributed by atoms with Crippen LogP contribution in [0.1, 0.15) is 11.1 Å². The van der Waals surface area contributed by atoms with Gasteiger partial charge < -0.3 is 10.3 Å². The lowest BCUT2D eigenvalue weighted by Gasteiger charge is -2.08. The average molecular weight is 645 g/mol. The van der Waals surface area contributed by atoms with Crippen LogP contribution in [0.15, 0.2) is 104 Å². The first-order valence-electron chi connectivity index (χ1n) is 14.9. The Kier molecular flexibility index (Phi) is 7.82. The van der Waals surface area contributed by atoms with Crippen LogP contribution in [0.2, 0.25) is 0 Å². The summed E-state index contributed by atoms with van der Waals surface area (Å²) >= 11 is 0. The molecule has 0 unspecified atom stereocenters. The summed E-state index contributed by atoms with van der Waals surface area (Å²) in [5, 5.41) is 12.3. The lowest BCUT2D eigenvalue weighted by atomic mass is 10.00. The predicted octanol–water partition coefficient (Wildman–Crippen LogP) is 6.74. The van der Waals surface area contributed by atoms with Gasteiger partial charge in [0.2, 0.25) is 5.91 Å². The lowest BCUT2D eigenvalue weighted by Crippen LogP contribution is -2.14. The van der Waals surface area contributed by atoms with Gasteiger partial charge in [-0.3, -0.25) is 19.9 Å². The fourth-order valence-electron chi connectivity index (χ4n) is 5.71. The largest absolute Gasteiger partial charge is 0.352 e. The molecule has 11 heteroatoms. The van der Waals surface area contributed by atoms with Gasteiger partial charge in [0, 0.05) is 40.5 Å². The van der Waals surface area contributed by atoms with Crippen molar-refractivity contribution in [1.82, 2.24) is 25.1 Å². The molecule has 3 N–H and O–H groups in total. The van der Waals surface area contributed by atoms with Crippen molar-refractivity contribution in [1.29, 1.82) is 0 Å². The van der Waals surface area contributed by atoms with Gasteiger partial charge in [0.25, 0.3) is 0 Å². The van der Waals surface area contributed by atoms with Crippen molar-refractivity contribution < 1.29 is 17.6 Å². The summed E-state index contributed by atoms with van der Waals surface area (Å²) in [5.41, 5.74) is 8.18. The number of sulfone groups is 1. The number of carbonyl (C=O) groups is 1. The van der Waals surface area contributed by atoms with Gasteiger partial charge >= 0.3 is 0 Å². The second-order valence-corrected chi connectivity index (χ2v) is 13.8. The number of nitrogens with zero attached hydrogens (tertiary/aromatic N) is 3. The SMILES string of the molecule is CS(=O)(=O)CCc1cc(F)cc(-c2cncc3[nH]c(-c4n[nH]c5ccc(-c6cncc(NC(=O)Cc7ccccc7)c6)cc45)cc23)c1. The van der Waals surface area contributed by atoms with E-state index in [2.05, 4.69) is 30.5 Å². The first-order chi connectivity index (χ1) is 22.7. The molecular weight excluding hydrogens is 616 g/mol. The van der Waals surface area contributed by atoms with E-state index in [4.69, 9.17) is 0 Å². The number of aromatic nitrogens is 5. The first-order valence-corrected chi connectivity index (χ1v) is 17.0. The van der Waals surface area contributed by atoms with E-state index in [0.717, 1.165) is 44.2 Å². The number of aryl methyl sites for hydroxylation is 1. The quantitative estimate of drug-likeness (QED) is 0.159. The van der Waals surface area contributed by atoms with Crippen molar-refractivity contribution in [3.05, 3.63) is 121 Å². The smallest absolute Gasteiger partial charge is 0.228 e. The number of pyridine rings is 2. The maximum Gasteiger partial charge on any atom is 0.228 e. The van der Waals surface area contributed by atoms with E-state index in [1.54, 1.807) is 30.9 Å². The number of aromatic amines is 2. The maximum absolute atomic E-state index is 14.7. The number of H-pyrrole nitrogens is 2. The molecule has 47 heavy (non-hydrogen) atoms. The van der Waals surface area contributed by atoms with Gasteiger partial charge in [-0.1, -0.05) is 42.5 Å². The van der Waals surface area contributed by atoms with Gasteiger partial charge in [0.05, 0.1) is 47.0 Å². The number of benzene rings is 3. The third kappa shape index (κ3) is 6.66. The Balaban J connectivity index is 1.20. The molecule has 0 bridgehead atoms. The summed E-state index contributed by atoms with van der Waals surface area (Å²) in [7, 11) is -3.20. The molecule has 3 aromatic carbocycles. The number of halogens is 1. The van der Waals surface area contributed by atoms with E-state index in [1.165, 1.54) is 18.4 Å². The molecule has 0 aliphatic heterocycles. The van der Waals surface area contributed by atoms with Crippen LogP contribution in [-0.2, 0) is 27.5 Å². The van der Waals surface area contributed by atoms with Crippen molar-refractivity contribution in [3.63, 3.8) is 0 Å². The molecule has 9 nitrogen and oxygen atoms in total. The fourth-order valence-corrected chi connectivity index (χ4v) is 6.32. The number of hydrogen-bond acceptors (Lipinski definition) is 6. The molecule has 0 aliphatic rings. The van der Waals surface area contributed by atoms with Gasteiger partial charge in [-0.05, 0) is 65.1 Å². The average Bonchev–Trinajstić information content (AvgIpc) is 3.68. The molecule has 0 saturated carbocycles. The number of nitrogens with one attached hydrogen (secondary N) is 3. The second-order valence-electron chi connectivity index (χ2n) is 11.6. The van der Waals surface area contributed by atoms with Gasteiger partial charge in [-0.15, -0.1) is 0 Å². The summed E-state index contributed by atoms with van der Waals surface area (Å²) in [6.45, 7) is 0. The van der Waals surface area contributed by atoms with Crippen LogP contribution in [0.5, 0.6) is 0 Å². The Morgan fingerprint density at radius 2 is 1.64 bits per heavy atom. The zero-order valence-corrected chi connectivity index (χ0v) is 26.1. The van der Waals surface area contributed by atoms with Gasteiger partial charge in [-0.2, -0.15) is 5.10 Å². The summed E-state index contributed by atoms with van der Waals surface area (Å²) in [4.78, 5) is 24.8. The minimum Gasteiger partial charge on any atom is -0.352 e. The fraction of sp³-hybridized carbons (Fsp3) is 0.111. The van der Waals surface area contributed by atoms with Crippen LogP contribution in [-0.4, -0.2) is 51.5 Å². The highest BCUT2D eigenvalue weighted by Crippen LogP contribution is 2.35. The number of hydrogen-bond donors (Lipinski definition) is 3. The number of amides is 1. The zero-order chi connectivity index (χ0) is 32.5. The molecule has 0 fully saturated rings. The van der Waals surface area contributed by atoms with Crippen molar-refractivity contribution >= 4 is 43.2 Å². The Labute approximate surface area is 269 Å². The van der Waals surface area contributed by atoms with E-state index < -0.39 is 15.7 Å². The molecule has 7 rings (SSSR count). The molecule has 0 saturated heterocycles. The minimum absolute atomic E-state index is 0.0654. The lowest BCUT2D eigenvalue weighted by molar-refractivity contribution is -0.115. The zero-order valence-electron chi connectivity index (χ0n) is 25.3. The van der Waals surface area contributed by atoms with Crippen molar-refractivity contribution in [2.24, 2.45) is 0 Å². The molecule has 7 aromatic rings. The highest BCUT2D eigenvalue weighted by Gasteiger charge is 2.16. The first kappa shape index (κ1) is 30.0. The van der Waals surface area contributed by atoms with E-state index in [9.17, 15) is 17.6 Å². The second kappa shape index (κ2) is 12.3. The molecule has 1 amide bonds. The number of fused-ring (bicyclic) bond motifs is 2. The van der Waals surface area contributed by atoms with Gasteiger partial charge in [-0.25, -0.2) is 12.8 Å². The predicted molar refractivity (Wildman–Crippen MR) is 182 cm³/mol. The third-order valence-corrected chi connectivity index (χ3v) is 8.90. The normalized spacial score (nSPS) is 11.7. The van der Waals surface area contributed by atoms with Crippen molar-refractivity contribution in [2.45, 2.75) is 12.8 Å². The van der Waals surface area contributed by atoms with Crippen LogP contribution in [0, 0.1) is 5.82 Å². The number of carbonyl (C=O) groups excluding carboxylic acids is 1. The van der Waals surface area contributed by atoms with Crippen molar-refractivity contribution in [2.75, 3.05) is 17.3 Å². The van der Waals surface area contributed by atoms with Crippen LogP contribution >= 0.6 is 0 Å². The van der Waals surface area contributed by atoms with E-state index in [0.29, 0.717) is 28.1 Å². The van der Waals surface area contributed by atoms with E-state index in [1.807, 2.05) is 60.7 Å². The van der Waals surface area contributed by atoms with Gasteiger partial charge in [0.1, 0.15) is 21.3 Å². The van der Waals surface area contributed by atoms with Crippen LogP contribution in [0.25, 0.3) is 55.4 Å². The van der Waals surface area contributed by atoms with Crippen molar-refractivity contribution in [3.8, 4) is 33.6 Å². The standard InChI is InChI=1S/C36H29FN6O3S/c1-47(45,46)10-9-23-11-25(14-27(37)12-23)31-20-39-21-34-29(31)17-33(41-34)36-30-16-24(7-8-32(30)42-43-36)26-15-28(19-38-18-26)40-35(44)13-22-5-3-2-4-6-22/h2-8,11-12,14-21,41H,9-10,13H2,1H3,(H,40,44)(H,42,43). The van der Waals surface area contributed by atoms with E-state index in [-0.39, 0.29) is 24.5 Å². The summed E-state index contributed by atoms with van der Waals surface area (Å²) in [6.07, 6.45) is 8.40. The minimum atomic E-state index is -3.20. The molecule has 4 aromatic heterocycles. The Morgan fingerprint density at radius 1 is 0.809 bits per heavy atom. The van der Waals surface area contributed by atoms with Crippen LogP contribution in [0.4, 0.5) is 10.1 Å². The topological polar surface area (TPSA) is 133 Å². The van der Waals surface area contributed by atoms with Gasteiger partial charge in [0.15, 0.2) is 0 Å². The molecule has 0 aliphatic carbocycles. The number of anilines is 1. The number of rotatable bonds is 9. The summed E-state index contributed by atoms with van der Waals surface area (Å²) < 4.78 is 38.1. The molecule has 4 heterocycles. The Bertz CT molecular complexity index is 2390. The third-order valence-electron chi connectivity index (χ3n) is 7.96. The highest BCUT2D eigenvalue weighted by atomic mass is 32.2. The molecule has 0 atom stereocenters.